The highest BCUT2D eigenvalue weighted by Gasteiger charge is 2.18. The zero-order chi connectivity index (χ0) is 14.2. The lowest BCUT2D eigenvalue weighted by molar-refractivity contribution is 0.440. The van der Waals surface area contributed by atoms with Gasteiger partial charge in [0.25, 0.3) is 5.78 Å². The molecule has 2 aromatic heterocycles. The first-order chi connectivity index (χ1) is 8.82. The topological polar surface area (TPSA) is 43.1 Å². The van der Waals surface area contributed by atoms with Crippen molar-refractivity contribution in [1.29, 1.82) is 0 Å². The molecule has 0 aromatic carbocycles. The van der Waals surface area contributed by atoms with Gasteiger partial charge in [-0.3, -0.25) is 0 Å². The third-order valence-corrected chi connectivity index (χ3v) is 3.06. The molecule has 0 aliphatic rings. The van der Waals surface area contributed by atoms with Gasteiger partial charge in [0.2, 0.25) is 0 Å². The molecular weight excluding hydrogens is 243 g/mol. The Hall–Kier alpha value is -1.78. The average Bonchev–Trinajstić information content (AvgIpc) is 2.70. The Balaban J connectivity index is 2.53. The van der Waals surface area contributed by atoms with Crippen LogP contribution < -0.4 is 0 Å². The summed E-state index contributed by atoms with van der Waals surface area (Å²) in [5.74, 6) is 0.888. The van der Waals surface area contributed by atoms with Gasteiger partial charge in [-0.2, -0.15) is 4.98 Å². The van der Waals surface area contributed by atoms with E-state index >= 15 is 0 Å². The van der Waals surface area contributed by atoms with Crippen molar-refractivity contribution in [3.63, 3.8) is 0 Å². The molecule has 0 aliphatic carbocycles. The zero-order valence-electron chi connectivity index (χ0n) is 12.0. The molecule has 4 nitrogen and oxygen atoms in total. The lowest BCUT2D eigenvalue weighted by Crippen LogP contribution is -2.13. The minimum Gasteiger partial charge on any atom is -0.242 e. The second-order valence-electron chi connectivity index (χ2n) is 5.63. The SMILES string of the molecule is CC=C(c1nc2ncc(C(C)(C)C)cn2n1)C(C)F. The predicted molar refractivity (Wildman–Crippen MR) is 73.7 cm³/mol. The third-order valence-electron chi connectivity index (χ3n) is 3.06. The minimum absolute atomic E-state index is 0.00981. The van der Waals surface area contributed by atoms with Crippen LogP contribution in [0.3, 0.4) is 0 Å². The van der Waals surface area contributed by atoms with Crippen molar-refractivity contribution in [1.82, 2.24) is 19.6 Å². The molecule has 2 aromatic rings. The van der Waals surface area contributed by atoms with E-state index in [1.54, 1.807) is 23.7 Å². The summed E-state index contributed by atoms with van der Waals surface area (Å²) in [5, 5.41) is 4.31. The van der Waals surface area contributed by atoms with Crippen molar-refractivity contribution in [3.8, 4) is 0 Å². The summed E-state index contributed by atoms with van der Waals surface area (Å²) in [6, 6.07) is 0. The first kappa shape index (κ1) is 13.6. The van der Waals surface area contributed by atoms with Crippen molar-refractivity contribution in [2.45, 2.75) is 46.2 Å². The number of hydrogen-bond donors (Lipinski definition) is 0. The lowest BCUT2D eigenvalue weighted by atomic mass is 9.89. The number of aromatic nitrogens is 4. The summed E-state index contributed by atoms with van der Waals surface area (Å²) >= 11 is 0. The fourth-order valence-corrected chi connectivity index (χ4v) is 1.83. The van der Waals surface area contributed by atoms with Gasteiger partial charge in [-0.25, -0.2) is 13.9 Å². The maximum absolute atomic E-state index is 13.5. The summed E-state index contributed by atoms with van der Waals surface area (Å²) in [4.78, 5) is 8.54. The van der Waals surface area contributed by atoms with E-state index in [0.717, 1.165) is 5.56 Å². The molecule has 1 atom stereocenters. The van der Waals surface area contributed by atoms with Crippen molar-refractivity contribution in [3.05, 3.63) is 29.9 Å². The van der Waals surface area contributed by atoms with Crippen LogP contribution in [0.25, 0.3) is 11.4 Å². The van der Waals surface area contributed by atoms with E-state index in [2.05, 4.69) is 35.8 Å². The van der Waals surface area contributed by atoms with E-state index in [-0.39, 0.29) is 5.41 Å². The maximum Gasteiger partial charge on any atom is 0.252 e. The number of halogens is 1. The number of hydrogen-bond acceptors (Lipinski definition) is 3. The molecule has 1 unspecified atom stereocenters. The Morgan fingerprint density at radius 3 is 2.63 bits per heavy atom. The number of rotatable bonds is 2. The first-order valence-corrected chi connectivity index (χ1v) is 6.36. The Kier molecular flexibility index (Phi) is 3.39. The standard InChI is InChI=1S/C14H19FN4/c1-6-11(9(2)15)12-17-13-16-7-10(14(3,4)5)8-19(13)18-12/h6-9H,1-5H3. The van der Waals surface area contributed by atoms with Crippen molar-refractivity contribution in [2.75, 3.05) is 0 Å². The van der Waals surface area contributed by atoms with E-state index in [1.807, 2.05) is 6.20 Å². The van der Waals surface area contributed by atoms with Crippen LogP contribution in [0.5, 0.6) is 0 Å². The molecule has 0 bridgehead atoms. The van der Waals surface area contributed by atoms with Gasteiger partial charge >= 0.3 is 0 Å². The molecular formula is C14H19FN4. The van der Waals surface area contributed by atoms with Crippen molar-refractivity contribution >= 4 is 11.4 Å². The average molecular weight is 262 g/mol. The molecule has 0 N–H and O–H groups in total. The van der Waals surface area contributed by atoms with Gasteiger partial charge in [-0.15, -0.1) is 5.10 Å². The summed E-state index contributed by atoms with van der Waals surface area (Å²) in [6.45, 7) is 9.58. The molecule has 0 amide bonds. The molecule has 0 fully saturated rings. The fourth-order valence-electron chi connectivity index (χ4n) is 1.83. The third kappa shape index (κ3) is 2.64. The maximum atomic E-state index is 13.5. The molecule has 2 heterocycles. The van der Waals surface area contributed by atoms with E-state index in [4.69, 9.17) is 0 Å². The number of nitrogens with zero attached hydrogens (tertiary/aromatic N) is 4. The second-order valence-corrected chi connectivity index (χ2v) is 5.63. The van der Waals surface area contributed by atoms with Crippen molar-refractivity contribution < 1.29 is 4.39 Å². The van der Waals surface area contributed by atoms with Crippen LogP contribution >= 0.6 is 0 Å². The number of alkyl halides is 1. The van der Waals surface area contributed by atoms with Gasteiger partial charge in [0.05, 0.1) is 0 Å². The Labute approximate surface area is 112 Å². The molecule has 0 saturated heterocycles. The van der Waals surface area contributed by atoms with Gasteiger partial charge in [-0.05, 0) is 24.8 Å². The quantitative estimate of drug-likeness (QED) is 0.834. The second kappa shape index (κ2) is 4.72. The summed E-state index contributed by atoms with van der Waals surface area (Å²) in [6.07, 6.45) is 4.30. The van der Waals surface area contributed by atoms with Gasteiger partial charge in [-0.1, -0.05) is 26.8 Å². The van der Waals surface area contributed by atoms with Crippen LogP contribution in [0.4, 0.5) is 4.39 Å². The predicted octanol–water partition coefficient (Wildman–Crippen LogP) is 3.18. The Morgan fingerprint density at radius 1 is 1.42 bits per heavy atom. The largest absolute Gasteiger partial charge is 0.252 e. The van der Waals surface area contributed by atoms with Crippen LogP contribution in [0, 0.1) is 0 Å². The van der Waals surface area contributed by atoms with E-state index in [9.17, 15) is 4.39 Å². The normalized spacial score (nSPS) is 14.9. The molecule has 2 rings (SSSR count). The van der Waals surface area contributed by atoms with Gasteiger partial charge in [0, 0.05) is 18.0 Å². The molecule has 0 radical (unpaired) electrons. The molecule has 5 heteroatoms. The first-order valence-electron chi connectivity index (χ1n) is 6.36. The monoisotopic (exact) mass is 262 g/mol. The number of allylic oxidation sites excluding steroid dienone is 2. The zero-order valence-corrected chi connectivity index (χ0v) is 12.0. The highest BCUT2D eigenvalue weighted by molar-refractivity contribution is 5.63. The lowest BCUT2D eigenvalue weighted by Gasteiger charge is -2.17. The molecule has 0 spiro atoms. The fraction of sp³-hybridized carbons (Fsp3) is 0.500. The van der Waals surface area contributed by atoms with Crippen LogP contribution in [0.2, 0.25) is 0 Å². The summed E-state index contributed by atoms with van der Waals surface area (Å²) in [7, 11) is 0. The van der Waals surface area contributed by atoms with E-state index in [0.29, 0.717) is 17.2 Å². The van der Waals surface area contributed by atoms with Crippen LogP contribution in [0.15, 0.2) is 18.5 Å². The Morgan fingerprint density at radius 2 is 2.11 bits per heavy atom. The smallest absolute Gasteiger partial charge is 0.242 e. The minimum atomic E-state index is -1.09. The van der Waals surface area contributed by atoms with Gasteiger partial charge in [0.15, 0.2) is 5.82 Å². The molecule has 0 aliphatic heterocycles. The van der Waals surface area contributed by atoms with Gasteiger partial charge < -0.3 is 0 Å². The highest BCUT2D eigenvalue weighted by atomic mass is 19.1. The van der Waals surface area contributed by atoms with Crippen LogP contribution in [-0.4, -0.2) is 25.8 Å². The molecule has 102 valence electrons. The van der Waals surface area contributed by atoms with Crippen molar-refractivity contribution in [2.24, 2.45) is 0 Å². The Bertz CT molecular complexity index is 620. The summed E-state index contributed by atoms with van der Waals surface area (Å²) in [5.41, 5.74) is 1.54. The highest BCUT2D eigenvalue weighted by Crippen LogP contribution is 2.22. The van der Waals surface area contributed by atoms with Crippen LogP contribution in [-0.2, 0) is 5.41 Å². The van der Waals surface area contributed by atoms with Gasteiger partial charge in [0.1, 0.15) is 6.17 Å². The molecule has 19 heavy (non-hydrogen) atoms. The van der Waals surface area contributed by atoms with E-state index in [1.165, 1.54) is 6.92 Å². The number of fused-ring (bicyclic) bond motifs is 1. The van der Waals surface area contributed by atoms with Crippen LogP contribution in [0.1, 0.15) is 46.0 Å². The molecule has 0 saturated carbocycles. The summed E-state index contributed by atoms with van der Waals surface area (Å²) < 4.78 is 15.1. The van der Waals surface area contributed by atoms with E-state index < -0.39 is 6.17 Å².